The molecule has 0 unspecified atom stereocenters. The van der Waals surface area contributed by atoms with Gasteiger partial charge in [0.1, 0.15) is 18.3 Å². The van der Waals surface area contributed by atoms with Gasteiger partial charge in [0, 0.05) is 32.4 Å². The van der Waals surface area contributed by atoms with Crippen LogP contribution in [0.1, 0.15) is 46.4 Å². The Bertz CT molecular complexity index is 755. The maximum absolute atomic E-state index is 11.8. The second kappa shape index (κ2) is 7.37. The fourth-order valence-corrected chi connectivity index (χ4v) is 3.33. The van der Waals surface area contributed by atoms with Crippen molar-refractivity contribution in [3.63, 3.8) is 0 Å². The minimum Gasteiger partial charge on any atom is -0.471 e. The van der Waals surface area contributed by atoms with E-state index in [4.69, 9.17) is 9.72 Å². The van der Waals surface area contributed by atoms with Crippen LogP contribution in [-0.2, 0) is 17.8 Å². The number of rotatable bonds is 6. The lowest BCUT2D eigenvalue weighted by Crippen LogP contribution is -2.30. The number of likely N-dealkylation sites (tertiary alicyclic amines) is 1. The number of amides is 1. The van der Waals surface area contributed by atoms with Gasteiger partial charge in [-0.2, -0.15) is 4.98 Å². The van der Waals surface area contributed by atoms with Crippen LogP contribution in [0.2, 0.25) is 0 Å². The molecule has 0 N–H and O–H groups in total. The van der Waals surface area contributed by atoms with E-state index in [9.17, 15) is 4.79 Å². The van der Waals surface area contributed by atoms with E-state index >= 15 is 0 Å². The topological polar surface area (TPSA) is 73.1 Å². The van der Waals surface area contributed by atoms with Gasteiger partial charge in [-0.25, -0.2) is 9.97 Å². The molecule has 25 heavy (non-hydrogen) atoms. The fraction of sp³-hybridized carbons (Fsp3) is 0.667. The average molecular weight is 345 g/mol. The van der Waals surface area contributed by atoms with Gasteiger partial charge < -0.3 is 14.2 Å². The Balaban J connectivity index is 1.85. The molecule has 0 saturated carbocycles. The average Bonchev–Trinajstić information content (AvgIpc) is 3.18. The van der Waals surface area contributed by atoms with Gasteiger partial charge in [-0.1, -0.05) is 20.8 Å². The minimum atomic E-state index is -0.0334. The van der Waals surface area contributed by atoms with E-state index in [-0.39, 0.29) is 12.0 Å². The number of aryl methyl sites for hydroxylation is 1. The van der Waals surface area contributed by atoms with Crippen molar-refractivity contribution < 1.29 is 9.53 Å². The van der Waals surface area contributed by atoms with Gasteiger partial charge in [0.15, 0.2) is 11.2 Å². The van der Waals surface area contributed by atoms with Crippen molar-refractivity contribution in [2.75, 3.05) is 13.1 Å². The van der Waals surface area contributed by atoms with Gasteiger partial charge in [0.2, 0.25) is 11.8 Å². The molecule has 2 aromatic heterocycles. The molecule has 1 fully saturated rings. The summed E-state index contributed by atoms with van der Waals surface area (Å²) < 4.78 is 8.24. The number of imidazole rings is 1. The predicted octanol–water partition coefficient (Wildman–Crippen LogP) is 2.43. The largest absolute Gasteiger partial charge is 0.471 e. The number of ether oxygens (including phenoxy) is 1. The quantitative estimate of drug-likeness (QED) is 0.804. The summed E-state index contributed by atoms with van der Waals surface area (Å²) in [5, 5.41) is 0. The molecule has 1 aliphatic heterocycles. The first-order valence-electron chi connectivity index (χ1n) is 9.18. The summed E-state index contributed by atoms with van der Waals surface area (Å²) >= 11 is 0. The molecule has 7 nitrogen and oxygen atoms in total. The highest BCUT2D eigenvalue weighted by molar-refractivity contribution is 5.77. The van der Waals surface area contributed by atoms with Crippen LogP contribution >= 0.6 is 0 Å². The molecule has 3 heterocycles. The molecule has 1 amide bonds. The van der Waals surface area contributed by atoms with Crippen LogP contribution in [0.5, 0.6) is 5.88 Å². The predicted molar refractivity (Wildman–Crippen MR) is 95.4 cm³/mol. The van der Waals surface area contributed by atoms with Crippen LogP contribution in [-0.4, -0.2) is 49.5 Å². The molecule has 0 aliphatic carbocycles. The Morgan fingerprint density at radius 3 is 2.84 bits per heavy atom. The molecule has 1 aliphatic rings. The van der Waals surface area contributed by atoms with Crippen molar-refractivity contribution in [2.45, 2.75) is 59.6 Å². The zero-order chi connectivity index (χ0) is 18.0. The zero-order valence-electron chi connectivity index (χ0n) is 15.5. The Hall–Kier alpha value is -2.18. The number of nitrogens with zero attached hydrogens (tertiary/aromatic N) is 5. The normalized spacial score (nSPS) is 17.6. The van der Waals surface area contributed by atoms with Gasteiger partial charge in [0.05, 0.1) is 6.54 Å². The Kier molecular flexibility index (Phi) is 5.20. The zero-order valence-corrected chi connectivity index (χ0v) is 15.5. The van der Waals surface area contributed by atoms with E-state index in [1.165, 1.54) is 6.33 Å². The molecule has 0 aromatic carbocycles. The summed E-state index contributed by atoms with van der Waals surface area (Å²) in [5.41, 5.74) is 1.54. The molecule has 3 rings (SSSR count). The number of hydrogen-bond acceptors (Lipinski definition) is 5. The summed E-state index contributed by atoms with van der Waals surface area (Å²) in [7, 11) is 0. The fourth-order valence-electron chi connectivity index (χ4n) is 3.33. The number of carbonyl (C=O) groups excluding carboxylic acids is 1. The molecular weight excluding hydrogens is 318 g/mol. The monoisotopic (exact) mass is 345 g/mol. The smallest absolute Gasteiger partial charge is 0.245 e. The van der Waals surface area contributed by atoms with Crippen LogP contribution in [0, 0.1) is 5.92 Å². The van der Waals surface area contributed by atoms with Crippen molar-refractivity contribution >= 4 is 17.1 Å². The molecular formula is C18H27N5O2. The third kappa shape index (κ3) is 3.60. The Labute approximate surface area is 148 Å². The lowest BCUT2D eigenvalue weighted by molar-refractivity contribution is -0.130. The molecule has 2 aromatic rings. The van der Waals surface area contributed by atoms with Crippen LogP contribution in [0.3, 0.4) is 0 Å². The van der Waals surface area contributed by atoms with Gasteiger partial charge in [0.25, 0.3) is 0 Å². The Morgan fingerprint density at radius 2 is 2.16 bits per heavy atom. The SMILES string of the molecule is CCC(=O)N1CC[C@H](Oc2ncnc3c2nc(CC(C)C)n3CC)C1. The van der Waals surface area contributed by atoms with Gasteiger partial charge in [-0.15, -0.1) is 0 Å². The summed E-state index contributed by atoms with van der Waals surface area (Å²) in [6, 6.07) is 0. The Morgan fingerprint density at radius 1 is 1.36 bits per heavy atom. The summed E-state index contributed by atoms with van der Waals surface area (Å²) in [6.07, 6.45) is 3.75. The first-order chi connectivity index (χ1) is 12.0. The highest BCUT2D eigenvalue weighted by Gasteiger charge is 2.28. The summed E-state index contributed by atoms with van der Waals surface area (Å²) in [4.78, 5) is 27.2. The highest BCUT2D eigenvalue weighted by Crippen LogP contribution is 2.26. The van der Waals surface area contributed by atoms with Gasteiger partial charge in [-0.05, 0) is 12.8 Å². The second-order valence-electron chi connectivity index (χ2n) is 6.94. The molecule has 0 bridgehead atoms. The summed E-state index contributed by atoms with van der Waals surface area (Å²) in [5.74, 6) is 2.24. The first-order valence-corrected chi connectivity index (χ1v) is 9.18. The van der Waals surface area contributed by atoms with E-state index in [0.717, 1.165) is 42.9 Å². The van der Waals surface area contributed by atoms with Crippen LogP contribution in [0.15, 0.2) is 6.33 Å². The third-order valence-corrected chi connectivity index (χ3v) is 4.56. The van der Waals surface area contributed by atoms with E-state index in [0.29, 0.717) is 24.8 Å². The second-order valence-corrected chi connectivity index (χ2v) is 6.94. The van der Waals surface area contributed by atoms with E-state index in [1.54, 1.807) is 0 Å². The lowest BCUT2D eigenvalue weighted by Gasteiger charge is -2.16. The maximum atomic E-state index is 11.8. The van der Waals surface area contributed by atoms with E-state index in [1.807, 2.05) is 11.8 Å². The highest BCUT2D eigenvalue weighted by atomic mass is 16.5. The van der Waals surface area contributed by atoms with Crippen LogP contribution in [0.25, 0.3) is 11.2 Å². The first kappa shape index (κ1) is 17.6. The standard InChI is InChI=1S/C18H27N5O2/c1-5-15(24)22-8-7-13(10-22)25-18-16-17(19-11-20-18)23(6-2)14(21-16)9-12(3)4/h11-13H,5-10H2,1-4H3/t13-/m0/s1. The lowest BCUT2D eigenvalue weighted by atomic mass is 10.1. The van der Waals surface area contributed by atoms with Crippen molar-refractivity contribution in [3.8, 4) is 5.88 Å². The third-order valence-electron chi connectivity index (χ3n) is 4.56. The van der Waals surface area contributed by atoms with E-state index in [2.05, 4.69) is 35.3 Å². The number of aromatic nitrogens is 4. The molecule has 1 saturated heterocycles. The van der Waals surface area contributed by atoms with Gasteiger partial charge >= 0.3 is 0 Å². The van der Waals surface area contributed by atoms with Crippen molar-refractivity contribution in [3.05, 3.63) is 12.2 Å². The molecule has 0 radical (unpaired) electrons. The molecule has 1 atom stereocenters. The minimum absolute atomic E-state index is 0.0334. The molecule has 7 heteroatoms. The van der Waals surface area contributed by atoms with Crippen molar-refractivity contribution in [1.29, 1.82) is 0 Å². The molecule has 136 valence electrons. The number of fused-ring (bicyclic) bond motifs is 1. The molecule has 0 spiro atoms. The maximum Gasteiger partial charge on any atom is 0.245 e. The van der Waals surface area contributed by atoms with E-state index < -0.39 is 0 Å². The van der Waals surface area contributed by atoms with Crippen molar-refractivity contribution in [2.24, 2.45) is 5.92 Å². The number of carbonyl (C=O) groups is 1. The van der Waals surface area contributed by atoms with Crippen LogP contribution in [0.4, 0.5) is 0 Å². The summed E-state index contributed by atoms with van der Waals surface area (Å²) in [6.45, 7) is 10.5. The number of hydrogen-bond donors (Lipinski definition) is 0. The van der Waals surface area contributed by atoms with Crippen molar-refractivity contribution in [1.82, 2.24) is 24.4 Å². The van der Waals surface area contributed by atoms with Gasteiger partial charge in [-0.3, -0.25) is 4.79 Å². The van der Waals surface area contributed by atoms with Crippen LogP contribution < -0.4 is 4.74 Å².